The number of alkyl halides is 1. The number of esters is 1. The molecule has 0 spiro atoms. The number of carbonyl (C=O) groups is 2. The van der Waals surface area contributed by atoms with Gasteiger partial charge in [0, 0.05) is 6.92 Å². The molecule has 0 radical (unpaired) electrons. The molecule has 0 aromatic rings. The summed E-state index contributed by atoms with van der Waals surface area (Å²) in [6.45, 7) is 0.0954. The maximum atomic E-state index is 11.5. The van der Waals surface area contributed by atoms with E-state index in [0.717, 1.165) is 14.0 Å². The van der Waals surface area contributed by atoms with Crippen molar-refractivity contribution in [3.05, 3.63) is 0 Å². The molecule has 0 saturated heterocycles. The molecule has 0 aromatic heterocycles. The van der Waals surface area contributed by atoms with Crippen LogP contribution in [0.15, 0.2) is 5.16 Å². The molecule has 0 aliphatic carbocycles. The van der Waals surface area contributed by atoms with Gasteiger partial charge in [0.15, 0.2) is 5.78 Å². The first-order valence-electron chi connectivity index (χ1n) is 3.48. The number of carbonyl (C=O) groups excluding carboxylic acids is 2. The summed E-state index contributed by atoms with van der Waals surface area (Å²) in [4.78, 5) is 25.9. The van der Waals surface area contributed by atoms with Gasteiger partial charge < -0.3 is 9.57 Å². The van der Waals surface area contributed by atoms with Crippen LogP contribution in [0.1, 0.15) is 6.92 Å². The number of halogens is 1. The zero-order chi connectivity index (χ0) is 10.3. The molecule has 0 aliphatic heterocycles. The number of hydrogen-bond acceptors (Lipinski definition) is 5. The average Bonchev–Trinajstić information content (AvgIpc) is 2.11. The predicted octanol–water partition coefficient (Wildman–Crippen LogP) is 0.0905. The van der Waals surface area contributed by atoms with Crippen LogP contribution in [0.25, 0.3) is 0 Å². The Morgan fingerprint density at radius 3 is 2.46 bits per heavy atom. The van der Waals surface area contributed by atoms with E-state index in [2.05, 4.69) is 14.7 Å². The van der Waals surface area contributed by atoms with Crippen LogP contribution < -0.4 is 0 Å². The third-order valence-corrected chi connectivity index (χ3v) is 1.04. The van der Waals surface area contributed by atoms with Crippen molar-refractivity contribution in [1.29, 1.82) is 0 Å². The standard InChI is InChI=1S/C7H10FNO4/c1-5(10)6(7(11)12-2)9-13-4-3-8/h3-4H2,1-2H3. The second kappa shape index (κ2) is 6.10. The van der Waals surface area contributed by atoms with Gasteiger partial charge in [-0.3, -0.25) is 4.79 Å². The van der Waals surface area contributed by atoms with Gasteiger partial charge in [-0.05, 0) is 0 Å². The molecular formula is C7H10FNO4. The molecule has 5 nitrogen and oxygen atoms in total. The van der Waals surface area contributed by atoms with Gasteiger partial charge in [-0.15, -0.1) is 0 Å². The number of Topliss-reactive ketones (excluding diaryl/α,β-unsaturated/α-hetero) is 1. The molecule has 13 heavy (non-hydrogen) atoms. The first kappa shape index (κ1) is 11.5. The molecule has 0 saturated carbocycles. The van der Waals surface area contributed by atoms with E-state index in [9.17, 15) is 14.0 Å². The maximum Gasteiger partial charge on any atom is 0.363 e. The van der Waals surface area contributed by atoms with Crippen LogP contribution in [0.2, 0.25) is 0 Å². The molecule has 0 aromatic carbocycles. The summed E-state index contributed by atoms with van der Waals surface area (Å²) in [5.74, 6) is -1.49. The number of hydrogen-bond donors (Lipinski definition) is 0. The summed E-state index contributed by atoms with van der Waals surface area (Å²) in [7, 11) is 1.11. The van der Waals surface area contributed by atoms with E-state index < -0.39 is 24.1 Å². The molecule has 0 bridgehead atoms. The molecular weight excluding hydrogens is 181 g/mol. The minimum absolute atomic E-state index is 0.298. The Labute approximate surface area is 74.5 Å². The SMILES string of the molecule is COC(=O)C(=NOCCF)C(C)=O. The third-order valence-electron chi connectivity index (χ3n) is 1.04. The summed E-state index contributed by atoms with van der Waals surface area (Å²) in [5, 5.41) is 3.14. The van der Waals surface area contributed by atoms with E-state index in [-0.39, 0.29) is 6.61 Å². The smallest absolute Gasteiger partial charge is 0.363 e. The molecule has 0 N–H and O–H groups in total. The van der Waals surface area contributed by atoms with Gasteiger partial charge in [-0.1, -0.05) is 5.16 Å². The Morgan fingerprint density at radius 1 is 1.46 bits per heavy atom. The molecule has 0 aliphatic rings. The second-order valence-corrected chi connectivity index (χ2v) is 2.01. The van der Waals surface area contributed by atoms with E-state index in [1.807, 2.05) is 0 Å². The summed E-state index contributed by atoms with van der Waals surface area (Å²) in [5.41, 5.74) is -0.476. The van der Waals surface area contributed by atoms with Gasteiger partial charge in [0.05, 0.1) is 7.11 Å². The lowest BCUT2D eigenvalue weighted by atomic mass is 10.3. The summed E-state index contributed by atoms with van der Waals surface area (Å²) >= 11 is 0. The van der Waals surface area contributed by atoms with Crippen molar-refractivity contribution in [2.75, 3.05) is 20.4 Å². The fourth-order valence-electron chi connectivity index (χ4n) is 0.487. The predicted molar refractivity (Wildman–Crippen MR) is 42.1 cm³/mol. The summed E-state index contributed by atoms with van der Waals surface area (Å²) < 4.78 is 15.8. The summed E-state index contributed by atoms with van der Waals surface area (Å²) in [6.07, 6.45) is 0. The van der Waals surface area contributed by atoms with Crippen LogP contribution in [-0.4, -0.2) is 37.9 Å². The van der Waals surface area contributed by atoms with Crippen molar-refractivity contribution in [3.63, 3.8) is 0 Å². The van der Waals surface area contributed by atoms with Crippen LogP contribution in [0.5, 0.6) is 0 Å². The molecule has 0 heterocycles. The highest BCUT2D eigenvalue weighted by Gasteiger charge is 2.17. The quantitative estimate of drug-likeness (QED) is 0.203. The Kier molecular flexibility index (Phi) is 5.42. The molecule has 0 unspecified atom stereocenters. The monoisotopic (exact) mass is 191 g/mol. The Balaban J connectivity index is 4.32. The number of oxime groups is 1. The van der Waals surface area contributed by atoms with Gasteiger partial charge in [0.25, 0.3) is 0 Å². The lowest BCUT2D eigenvalue weighted by molar-refractivity contribution is -0.133. The lowest BCUT2D eigenvalue weighted by Gasteiger charge is -1.99. The Morgan fingerprint density at radius 2 is 2.08 bits per heavy atom. The molecule has 0 fully saturated rings. The van der Waals surface area contributed by atoms with E-state index in [1.165, 1.54) is 0 Å². The summed E-state index contributed by atoms with van der Waals surface area (Å²) in [6, 6.07) is 0. The van der Waals surface area contributed by atoms with E-state index in [4.69, 9.17) is 0 Å². The number of ketones is 1. The fourth-order valence-corrected chi connectivity index (χ4v) is 0.487. The van der Waals surface area contributed by atoms with Crippen LogP contribution in [0.3, 0.4) is 0 Å². The topological polar surface area (TPSA) is 65.0 Å². The molecule has 0 atom stereocenters. The Hall–Kier alpha value is -1.46. The number of rotatable bonds is 5. The van der Waals surface area contributed by atoms with Crippen LogP contribution in [0, 0.1) is 0 Å². The van der Waals surface area contributed by atoms with E-state index in [0.29, 0.717) is 0 Å². The van der Waals surface area contributed by atoms with Crippen molar-refractivity contribution in [3.8, 4) is 0 Å². The normalized spacial score (nSPS) is 10.8. The molecule has 0 rings (SSSR count). The van der Waals surface area contributed by atoms with Gasteiger partial charge in [0.1, 0.15) is 13.3 Å². The third kappa shape index (κ3) is 4.19. The zero-order valence-corrected chi connectivity index (χ0v) is 7.37. The number of nitrogens with zero attached hydrogens (tertiary/aromatic N) is 1. The van der Waals surface area contributed by atoms with Crippen LogP contribution in [-0.2, 0) is 19.2 Å². The van der Waals surface area contributed by atoms with Gasteiger partial charge in [-0.25, -0.2) is 9.18 Å². The van der Waals surface area contributed by atoms with Crippen molar-refractivity contribution in [2.24, 2.45) is 5.16 Å². The minimum atomic E-state index is -0.897. The molecule has 6 heteroatoms. The highest BCUT2D eigenvalue weighted by molar-refractivity contribution is 6.63. The van der Waals surface area contributed by atoms with Crippen molar-refractivity contribution < 1.29 is 23.6 Å². The first-order valence-corrected chi connectivity index (χ1v) is 3.48. The van der Waals surface area contributed by atoms with Crippen molar-refractivity contribution in [1.82, 2.24) is 0 Å². The molecule has 74 valence electrons. The zero-order valence-electron chi connectivity index (χ0n) is 7.37. The average molecular weight is 191 g/mol. The van der Waals surface area contributed by atoms with Gasteiger partial charge in [-0.2, -0.15) is 0 Å². The largest absolute Gasteiger partial charge is 0.464 e. The van der Waals surface area contributed by atoms with Crippen LogP contribution in [0.4, 0.5) is 4.39 Å². The van der Waals surface area contributed by atoms with Gasteiger partial charge >= 0.3 is 5.97 Å². The van der Waals surface area contributed by atoms with Crippen LogP contribution >= 0.6 is 0 Å². The first-order chi connectivity index (χ1) is 6.13. The highest BCUT2D eigenvalue weighted by Crippen LogP contribution is 1.88. The molecule has 0 amide bonds. The maximum absolute atomic E-state index is 11.5. The van der Waals surface area contributed by atoms with Crippen molar-refractivity contribution >= 4 is 17.5 Å². The van der Waals surface area contributed by atoms with Crippen molar-refractivity contribution in [2.45, 2.75) is 6.92 Å². The fraction of sp³-hybridized carbons (Fsp3) is 0.571. The van der Waals surface area contributed by atoms with Gasteiger partial charge in [0.2, 0.25) is 5.71 Å². The Bertz CT molecular complexity index is 227. The minimum Gasteiger partial charge on any atom is -0.464 e. The van der Waals surface area contributed by atoms with E-state index >= 15 is 0 Å². The highest BCUT2D eigenvalue weighted by atomic mass is 19.1. The number of methoxy groups -OCH3 is 1. The lowest BCUT2D eigenvalue weighted by Crippen LogP contribution is -2.23. The van der Waals surface area contributed by atoms with E-state index in [1.54, 1.807) is 0 Å². The number of ether oxygens (including phenoxy) is 1. The second-order valence-electron chi connectivity index (χ2n) is 2.01.